The summed E-state index contributed by atoms with van der Waals surface area (Å²) in [5, 5.41) is 36.2. The molecule has 0 amide bonds. The predicted octanol–water partition coefficient (Wildman–Crippen LogP) is -0.358. The van der Waals surface area contributed by atoms with E-state index < -0.39 is 18.3 Å². The van der Waals surface area contributed by atoms with Gasteiger partial charge in [-0.05, 0) is 6.42 Å². The molecule has 3 atom stereocenters. The van der Waals surface area contributed by atoms with Gasteiger partial charge in [0, 0.05) is 6.42 Å². The quantitative estimate of drug-likeness (QED) is 0.444. The van der Waals surface area contributed by atoms with Crippen LogP contribution in [0, 0.1) is 0 Å². The fourth-order valence-corrected chi connectivity index (χ4v) is 1.12. The maximum atomic E-state index is 9.35. The van der Waals surface area contributed by atoms with Gasteiger partial charge in [0.1, 0.15) is 0 Å². The Morgan fingerprint density at radius 1 is 1.08 bits per heavy atom. The molecule has 0 aliphatic carbocycles. The highest BCUT2D eigenvalue weighted by Gasteiger charge is 2.18. The first kappa shape index (κ1) is 12.8. The number of rotatable bonds is 7. The van der Waals surface area contributed by atoms with E-state index in [9.17, 15) is 10.2 Å². The Balaban J connectivity index is 3.61. The number of aliphatic hydroxyl groups excluding tert-OH is 4. The van der Waals surface area contributed by atoms with Crippen molar-refractivity contribution in [3.8, 4) is 0 Å². The Labute approximate surface area is 78.8 Å². The van der Waals surface area contributed by atoms with E-state index >= 15 is 0 Å². The molecule has 80 valence electrons. The summed E-state index contributed by atoms with van der Waals surface area (Å²) in [7, 11) is 0. The van der Waals surface area contributed by atoms with Crippen molar-refractivity contribution in [2.45, 2.75) is 50.9 Å². The maximum Gasteiger partial charge on any atom is 0.0824 e. The van der Waals surface area contributed by atoms with Crippen molar-refractivity contribution in [3.05, 3.63) is 0 Å². The van der Waals surface area contributed by atoms with Gasteiger partial charge in [-0.2, -0.15) is 0 Å². The van der Waals surface area contributed by atoms with Crippen molar-refractivity contribution in [3.63, 3.8) is 0 Å². The van der Waals surface area contributed by atoms with Gasteiger partial charge in [0.15, 0.2) is 0 Å². The van der Waals surface area contributed by atoms with E-state index in [-0.39, 0.29) is 13.0 Å². The van der Waals surface area contributed by atoms with Crippen LogP contribution in [0.25, 0.3) is 0 Å². The van der Waals surface area contributed by atoms with Gasteiger partial charge < -0.3 is 20.4 Å². The molecule has 0 rings (SSSR count). The minimum Gasteiger partial charge on any atom is -0.394 e. The number of unbranched alkanes of at least 4 members (excludes halogenated alkanes) is 1. The highest BCUT2D eigenvalue weighted by atomic mass is 16.3. The van der Waals surface area contributed by atoms with E-state index in [0.29, 0.717) is 6.42 Å². The summed E-state index contributed by atoms with van der Waals surface area (Å²) in [6, 6.07) is 0. The van der Waals surface area contributed by atoms with Gasteiger partial charge in [-0.3, -0.25) is 0 Å². The van der Waals surface area contributed by atoms with Crippen LogP contribution in [0.15, 0.2) is 0 Å². The summed E-state index contributed by atoms with van der Waals surface area (Å²) >= 11 is 0. The fraction of sp³-hybridized carbons (Fsp3) is 1.00. The third-order valence-corrected chi connectivity index (χ3v) is 2.02. The zero-order valence-corrected chi connectivity index (χ0v) is 8.06. The number of hydrogen-bond donors (Lipinski definition) is 4. The molecule has 0 aromatic rings. The Morgan fingerprint density at radius 2 is 1.69 bits per heavy atom. The second-order valence-electron chi connectivity index (χ2n) is 3.35. The zero-order chi connectivity index (χ0) is 10.3. The molecule has 0 aromatic heterocycles. The largest absolute Gasteiger partial charge is 0.394 e. The lowest BCUT2D eigenvalue weighted by molar-refractivity contribution is -0.0268. The molecule has 0 fully saturated rings. The summed E-state index contributed by atoms with van der Waals surface area (Å²) in [5.41, 5.74) is 0. The molecule has 4 N–H and O–H groups in total. The molecule has 13 heavy (non-hydrogen) atoms. The topological polar surface area (TPSA) is 80.9 Å². The fourth-order valence-electron chi connectivity index (χ4n) is 1.12. The monoisotopic (exact) mass is 192 g/mol. The van der Waals surface area contributed by atoms with Gasteiger partial charge in [-0.25, -0.2) is 0 Å². The molecule has 0 saturated heterocycles. The third kappa shape index (κ3) is 5.99. The van der Waals surface area contributed by atoms with E-state index in [2.05, 4.69) is 0 Å². The first-order chi connectivity index (χ1) is 6.11. The van der Waals surface area contributed by atoms with Crippen molar-refractivity contribution >= 4 is 0 Å². The van der Waals surface area contributed by atoms with Gasteiger partial charge in [0.2, 0.25) is 0 Å². The van der Waals surface area contributed by atoms with Crippen LogP contribution in [0.3, 0.4) is 0 Å². The highest BCUT2D eigenvalue weighted by molar-refractivity contribution is 4.70. The lowest BCUT2D eigenvalue weighted by atomic mass is 10.0. The third-order valence-electron chi connectivity index (χ3n) is 2.02. The van der Waals surface area contributed by atoms with Crippen LogP contribution in [0.1, 0.15) is 32.6 Å². The van der Waals surface area contributed by atoms with Gasteiger partial charge in [0.05, 0.1) is 24.9 Å². The van der Waals surface area contributed by atoms with Crippen LogP contribution in [0.4, 0.5) is 0 Å². The standard InChI is InChI=1S/C9H20O4/c1-2-3-4-8(12)9(13)5-7(11)6-10/h7-13H,2-6H2,1H3. The molecule has 0 spiro atoms. The predicted molar refractivity (Wildman–Crippen MR) is 49.2 cm³/mol. The minimum absolute atomic E-state index is 0.0291. The van der Waals surface area contributed by atoms with Crippen molar-refractivity contribution in [2.75, 3.05) is 6.61 Å². The molecule has 0 radical (unpaired) electrons. The Hall–Kier alpha value is -0.160. The SMILES string of the molecule is CCCCC(O)C(O)CC(O)CO. The van der Waals surface area contributed by atoms with Crippen LogP contribution in [-0.4, -0.2) is 45.3 Å². The Morgan fingerprint density at radius 3 is 2.15 bits per heavy atom. The van der Waals surface area contributed by atoms with E-state index in [1.165, 1.54) is 0 Å². The van der Waals surface area contributed by atoms with Crippen LogP contribution in [0.5, 0.6) is 0 Å². The molecular weight excluding hydrogens is 172 g/mol. The average molecular weight is 192 g/mol. The first-order valence-corrected chi connectivity index (χ1v) is 4.76. The number of aliphatic hydroxyl groups is 4. The lowest BCUT2D eigenvalue weighted by Gasteiger charge is -2.19. The van der Waals surface area contributed by atoms with Crippen LogP contribution in [0.2, 0.25) is 0 Å². The second kappa shape index (κ2) is 7.26. The first-order valence-electron chi connectivity index (χ1n) is 4.76. The van der Waals surface area contributed by atoms with Crippen LogP contribution in [-0.2, 0) is 0 Å². The summed E-state index contributed by atoms with van der Waals surface area (Å²) < 4.78 is 0. The molecule has 4 nitrogen and oxygen atoms in total. The molecule has 0 bridgehead atoms. The zero-order valence-electron chi connectivity index (χ0n) is 8.06. The molecule has 0 saturated carbocycles. The molecule has 4 heteroatoms. The highest BCUT2D eigenvalue weighted by Crippen LogP contribution is 2.09. The van der Waals surface area contributed by atoms with Crippen molar-refractivity contribution in [1.29, 1.82) is 0 Å². The summed E-state index contributed by atoms with van der Waals surface area (Å²) in [6.45, 7) is 1.62. The summed E-state index contributed by atoms with van der Waals surface area (Å²) in [5.74, 6) is 0. The maximum absolute atomic E-state index is 9.35. The average Bonchev–Trinajstić information content (AvgIpc) is 2.13. The summed E-state index contributed by atoms with van der Waals surface area (Å²) in [6.07, 6.45) is -0.280. The van der Waals surface area contributed by atoms with Crippen LogP contribution < -0.4 is 0 Å². The Kier molecular flexibility index (Phi) is 7.17. The van der Waals surface area contributed by atoms with Gasteiger partial charge in [-0.15, -0.1) is 0 Å². The van der Waals surface area contributed by atoms with Crippen molar-refractivity contribution in [1.82, 2.24) is 0 Å². The molecule has 0 aliphatic rings. The number of hydrogen-bond acceptors (Lipinski definition) is 4. The van der Waals surface area contributed by atoms with E-state index in [0.717, 1.165) is 12.8 Å². The Bertz CT molecular complexity index is 118. The lowest BCUT2D eigenvalue weighted by Crippen LogP contribution is -2.31. The van der Waals surface area contributed by atoms with E-state index in [1.54, 1.807) is 0 Å². The van der Waals surface area contributed by atoms with Gasteiger partial charge >= 0.3 is 0 Å². The van der Waals surface area contributed by atoms with E-state index in [1.807, 2.05) is 6.92 Å². The van der Waals surface area contributed by atoms with Crippen molar-refractivity contribution < 1.29 is 20.4 Å². The molecule has 0 aromatic carbocycles. The smallest absolute Gasteiger partial charge is 0.0824 e. The van der Waals surface area contributed by atoms with Gasteiger partial charge in [-0.1, -0.05) is 19.8 Å². The molecule has 3 unspecified atom stereocenters. The minimum atomic E-state index is -0.939. The van der Waals surface area contributed by atoms with Gasteiger partial charge in [0.25, 0.3) is 0 Å². The second-order valence-corrected chi connectivity index (χ2v) is 3.35. The summed E-state index contributed by atoms with van der Waals surface area (Å²) in [4.78, 5) is 0. The molecular formula is C9H20O4. The van der Waals surface area contributed by atoms with Crippen molar-refractivity contribution in [2.24, 2.45) is 0 Å². The molecule has 0 heterocycles. The normalized spacial score (nSPS) is 18.2. The van der Waals surface area contributed by atoms with Crippen LogP contribution >= 0.6 is 0 Å². The van der Waals surface area contributed by atoms with E-state index in [4.69, 9.17) is 10.2 Å². The molecule has 0 aliphatic heterocycles.